The molecule has 0 atom stereocenters. The maximum atomic E-state index is 12.0. The molecule has 1 N–H and O–H groups in total. The van der Waals surface area contributed by atoms with Crippen LogP contribution in [0.3, 0.4) is 0 Å². The van der Waals surface area contributed by atoms with Crippen LogP contribution in [0.15, 0.2) is 22.7 Å². The Bertz CT molecular complexity index is 438. The van der Waals surface area contributed by atoms with Crippen molar-refractivity contribution in [1.82, 2.24) is 10.2 Å². The molecular weight excluding hydrogens is 320 g/mol. The fraction of sp³-hybridized carbons (Fsp3) is 0.533. The Morgan fingerprint density at radius 3 is 2.65 bits per heavy atom. The zero-order valence-electron chi connectivity index (χ0n) is 12.4. The Morgan fingerprint density at radius 1 is 1.35 bits per heavy atom. The molecule has 0 heterocycles. The third kappa shape index (κ3) is 5.13. The first kappa shape index (κ1) is 17.0. The van der Waals surface area contributed by atoms with Gasteiger partial charge in [-0.3, -0.25) is 4.79 Å². The Kier molecular flexibility index (Phi) is 7.62. The van der Waals surface area contributed by atoms with Gasteiger partial charge in [-0.1, -0.05) is 13.8 Å². The number of nitrogens with zero attached hydrogens (tertiary/aromatic N) is 1. The largest absolute Gasteiger partial charge is 0.496 e. The van der Waals surface area contributed by atoms with Gasteiger partial charge in [0.25, 0.3) is 5.91 Å². The molecular formula is C15H23BrN2O2. The number of benzene rings is 1. The first-order chi connectivity index (χ1) is 9.62. The van der Waals surface area contributed by atoms with Crippen molar-refractivity contribution in [3.05, 3.63) is 28.2 Å². The fourth-order valence-electron chi connectivity index (χ4n) is 1.98. The van der Waals surface area contributed by atoms with E-state index in [1.165, 1.54) is 0 Å². The predicted octanol–water partition coefficient (Wildman–Crippen LogP) is 2.92. The van der Waals surface area contributed by atoms with Crippen molar-refractivity contribution in [3.8, 4) is 5.75 Å². The van der Waals surface area contributed by atoms with Crippen LogP contribution in [0.25, 0.3) is 0 Å². The number of hydrogen-bond donors (Lipinski definition) is 1. The molecule has 0 radical (unpaired) electrons. The molecule has 1 amide bonds. The number of methoxy groups -OCH3 is 1. The zero-order valence-corrected chi connectivity index (χ0v) is 14.0. The zero-order chi connectivity index (χ0) is 15.0. The molecule has 0 saturated heterocycles. The van der Waals surface area contributed by atoms with E-state index in [4.69, 9.17) is 4.74 Å². The highest BCUT2D eigenvalue weighted by atomic mass is 79.9. The van der Waals surface area contributed by atoms with Crippen molar-refractivity contribution in [3.63, 3.8) is 0 Å². The van der Waals surface area contributed by atoms with Crippen molar-refractivity contribution in [2.75, 3.05) is 33.3 Å². The monoisotopic (exact) mass is 342 g/mol. The standard InChI is InChI=1S/C15H23BrN2O2/c1-4-9-18(5-2)10-8-17-15(19)12-6-7-14(20-3)13(16)11-12/h6-7,11H,4-5,8-10H2,1-3H3,(H,17,19). The van der Waals surface area contributed by atoms with Crippen molar-refractivity contribution in [2.24, 2.45) is 0 Å². The van der Waals surface area contributed by atoms with Gasteiger partial charge in [-0.05, 0) is 53.6 Å². The molecule has 0 spiro atoms. The molecule has 0 fully saturated rings. The van der Waals surface area contributed by atoms with Crippen molar-refractivity contribution >= 4 is 21.8 Å². The van der Waals surface area contributed by atoms with E-state index in [1.54, 1.807) is 25.3 Å². The van der Waals surface area contributed by atoms with E-state index >= 15 is 0 Å². The van der Waals surface area contributed by atoms with Crippen LogP contribution < -0.4 is 10.1 Å². The van der Waals surface area contributed by atoms with E-state index in [0.717, 1.165) is 36.3 Å². The second-order valence-electron chi connectivity index (χ2n) is 4.54. The summed E-state index contributed by atoms with van der Waals surface area (Å²) in [5.41, 5.74) is 0.635. The molecule has 112 valence electrons. The molecule has 0 unspecified atom stereocenters. The van der Waals surface area contributed by atoms with E-state index in [1.807, 2.05) is 0 Å². The minimum Gasteiger partial charge on any atom is -0.496 e. The Morgan fingerprint density at radius 2 is 2.10 bits per heavy atom. The molecule has 0 aliphatic heterocycles. The van der Waals surface area contributed by atoms with Gasteiger partial charge in [0.15, 0.2) is 0 Å². The SMILES string of the molecule is CCCN(CC)CCNC(=O)c1ccc(OC)c(Br)c1. The minimum absolute atomic E-state index is 0.0547. The lowest BCUT2D eigenvalue weighted by Crippen LogP contribution is -2.35. The first-order valence-electron chi connectivity index (χ1n) is 6.96. The highest BCUT2D eigenvalue weighted by Crippen LogP contribution is 2.25. The maximum absolute atomic E-state index is 12.0. The van der Waals surface area contributed by atoms with Gasteiger partial charge in [0, 0.05) is 18.7 Å². The first-order valence-corrected chi connectivity index (χ1v) is 7.75. The van der Waals surface area contributed by atoms with Crippen LogP contribution >= 0.6 is 15.9 Å². The maximum Gasteiger partial charge on any atom is 0.251 e. The third-order valence-electron chi connectivity index (χ3n) is 3.11. The molecule has 0 saturated carbocycles. The van der Waals surface area contributed by atoms with E-state index in [2.05, 4.69) is 40.0 Å². The second-order valence-corrected chi connectivity index (χ2v) is 5.39. The van der Waals surface area contributed by atoms with Gasteiger partial charge in [-0.2, -0.15) is 0 Å². The molecule has 20 heavy (non-hydrogen) atoms. The van der Waals surface area contributed by atoms with Gasteiger partial charge in [0.1, 0.15) is 5.75 Å². The van der Waals surface area contributed by atoms with Crippen LogP contribution in [-0.4, -0.2) is 44.1 Å². The fourth-order valence-corrected chi connectivity index (χ4v) is 2.52. The van der Waals surface area contributed by atoms with Crippen LogP contribution in [0.2, 0.25) is 0 Å². The number of carbonyl (C=O) groups is 1. The number of hydrogen-bond acceptors (Lipinski definition) is 3. The van der Waals surface area contributed by atoms with Gasteiger partial charge in [-0.25, -0.2) is 0 Å². The van der Waals surface area contributed by atoms with Gasteiger partial charge in [-0.15, -0.1) is 0 Å². The highest BCUT2D eigenvalue weighted by Gasteiger charge is 2.09. The smallest absolute Gasteiger partial charge is 0.251 e. The van der Waals surface area contributed by atoms with Gasteiger partial charge < -0.3 is 15.0 Å². The Hall–Kier alpha value is -1.07. The lowest BCUT2D eigenvalue weighted by atomic mass is 10.2. The summed E-state index contributed by atoms with van der Waals surface area (Å²) < 4.78 is 5.93. The topological polar surface area (TPSA) is 41.6 Å². The van der Waals surface area contributed by atoms with Gasteiger partial charge in [0.05, 0.1) is 11.6 Å². The average molecular weight is 343 g/mol. The van der Waals surface area contributed by atoms with Crippen LogP contribution in [0.5, 0.6) is 5.75 Å². The summed E-state index contributed by atoms with van der Waals surface area (Å²) >= 11 is 3.39. The van der Waals surface area contributed by atoms with Crippen LogP contribution in [0.4, 0.5) is 0 Å². The van der Waals surface area contributed by atoms with Crippen LogP contribution in [0, 0.1) is 0 Å². The lowest BCUT2D eigenvalue weighted by molar-refractivity contribution is 0.0948. The summed E-state index contributed by atoms with van der Waals surface area (Å²) in [5.74, 6) is 0.669. The summed E-state index contributed by atoms with van der Waals surface area (Å²) in [6.45, 7) is 7.93. The average Bonchev–Trinajstić information content (AvgIpc) is 2.46. The van der Waals surface area contributed by atoms with E-state index in [0.29, 0.717) is 12.1 Å². The number of likely N-dealkylation sites (N-methyl/N-ethyl adjacent to an activating group) is 1. The highest BCUT2D eigenvalue weighted by molar-refractivity contribution is 9.10. The molecule has 1 rings (SSSR count). The van der Waals surface area contributed by atoms with Crippen molar-refractivity contribution < 1.29 is 9.53 Å². The summed E-state index contributed by atoms with van der Waals surface area (Å²) in [5, 5.41) is 2.94. The molecule has 5 heteroatoms. The van der Waals surface area contributed by atoms with Gasteiger partial charge in [0.2, 0.25) is 0 Å². The predicted molar refractivity (Wildman–Crippen MR) is 85.4 cm³/mol. The molecule has 0 aliphatic rings. The number of rotatable bonds is 8. The summed E-state index contributed by atoms with van der Waals surface area (Å²) in [6, 6.07) is 5.33. The Labute approximate surface area is 129 Å². The van der Waals surface area contributed by atoms with Crippen molar-refractivity contribution in [1.29, 1.82) is 0 Å². The molecule has 0 bridgehead atoms. The van der Waals surface area contributed by atoms with E-state index in [9.17, 15) is 4.79 Å². The number of ether oxygens (including phenoxy) is 1. The summed E-state index contributed by atoms with van der Waals surface area (Å²) in [7, 11) is 1.60. The Balaban J connectivity index is 2.48. The molecule has 0 aliphatic carbocycles. The molecule has 4 nitrogen and oxygen atoms in total. The van der Waals surface area contributed by atoms with Crippen LogP contribution in [-0.2, 0) is 0 Å². The normalized spacial score (nSPS) is 10.7. The van der Waals surface area contributed by atoms with Crippen LogP contribution in [0.1, 0.15) is 30.6 Å². The molecule has 0 aromatic heterocycles. The quantitative estimate of drug-likeness (QED) is 0.789. The van der Waals surface area contributed by atoms with Crippen molar-refractivity contribution in [2.45, 2.75) is 20.3 Å². The van der Waals surface area contributed by atoms with E-state index in [-0.39, 0.29) is 5.91 Å². The number of nitrogens with one attached hydrogen (secondary N) is 1. The summed E-state index contributed by atoms with van der Waals surface area (Å²) in [4.78, 5) is 14.4. The minimum atomic E-state index is -0.0547. The van der Waals surface area contributed by atoms with Gasteiger partial charge >= 0.3 is 0 Å². The third-order valence-corrected chi connectivity index (χ3v) is 3.73. The number of amides is 1. The lowest BCUT2D eigenvalue weighted by Gasteiger charge is -2.19. The second kappa shape index (κ2) is 8.97. The summed E-state index contributed by atoms with van der Waals surface area (Å²) in [6.07, 6.45) is 1.13. The number of carbonyl (C=O) groups excluding carboxylic acids is 1. The number of halogens is 1. The molecule has 1 aromatic carbocycles. The molecule has 1 aromatic rings. The van der Waals surface area contributed by atoms with E-state index < -0.39 is 0 Å².